The molecular formula is C12H24N2O. The van der Waals surface area contributed by atoms with E-state index in [9.17, 15) is 4.79 Å². The normalized spacial score (nSPS) is 18.1. The van der Waals surface area contributed by atoms with Gasteiger partial charge in [0.2, 0.25) is 5.91 Å². The second kappa shape index (κ2) is 6.83. The van der Waals surface area contributed by atoms with Gasteiger partial charge in [-0.25, -0.2) is 0 Å². The van der Waals surface area contributed by atoms with Crippen LogP contribution in [0, 0.1) is 5.92 Å². The summed E-state index contributed by atoms with van der Waals surface area (Å²) in [6.07, 6.45) is 6.25. The predicted octanol–water partition coefficient (Wildman–Crippen LogP) is 1.76. The van der Waals surface area contributed by atoms with Crippen LogP contribution in [0.15, 0.2) is 0 Å². The summed E-state index contributed by atoms with van der Waals surface area (Å²) in [5, 5.41) is 0. The smallest absolute Gasteiger partial charge is 0.222 e. The molecule has 3 nitrogen and oxygen atoms in total. The van der Waals surface area contributed by atoms with Gasteiger partial charge in [-0.1, -0.05) is 13.3 Å². The molecule has 0 aliphatic carbocycles. The molecule has 0 aromatic carbocycles. The Morgan fingerprint density at radius 3 is 2.53 bits per heavy atom. The Morgan fingerprint density at radius 1 is 1.33 bits per heavy atom. The molecule has 2 N–H and O–H groups in total. The van der Waals surface area contributed by atoms with E-state index >= 15 is 0 Å². The molecule has 0 radical (unpaired) electrons. The number of piperidine rings is 1. The third-order valence-electron chi connectivity index (χ3n) is 3.39. The first kappa shape index (κ1) is 12.5. The largest absolute Gasteiger partial charge is 0.343 e. The highest BCUT2D eigenvalue weighted by Crippen LogP contribution is 2.20. The van der Waals surface area contributed by atoms with Gasteiger partial charge in [0, 0.05) is 19.5 Å². The van der Waals surface area contributed by atoms with Gasteiger partial charge in [0.1, 0.15) is 0 Å². The van der Waals surface area contributed by atoms with Crippen LogP contribution in [0.2, 0.25) is 0 Å². The van der Waals surface area contributed by atoms with Crippen molar-refractivity contribution in [2.75, 3.05) is 19.6 Å². The predicted molar refractivity (Wildman–Crippen MR) is 62.5 cm³/mol. The zero-order valence-corrected chi connectivity index (χ0v) is 9.87. The summed E-state index contributed by atoms with van der Waals surface area (Å²) in [5.74, 6) is 1.18. The van der Waals surface area contributed by atoms with E-state index in [4.69, 9.17) is 5.73 Å². The Balaban J connectivity index is 2.18. The first-order valence-electron chi connectivity index (χ1n) is 6.25. The van der Waals surface area contributed by atoms with Crippen molar-refractivity contribution in [1.29, 1.82) is 0 Å². The van der Waals surface area contributed by atoms with E-state index in [1.54, 1.807) is 0 Å². The van der Waals surface area contributed by atoms with E-state index in [0.717, 1.165) is 31.8 Å². The minimum atomic E-state index is 0.331. The number of likely N-dealkylation sites (tertiary alicyclic amines) is 1. The summed E-state index contributed by atoms with van der Waals surface area (Å²) in [6.45, 7) is 4.88. The molecule has 15 heavy (non-hydrogen) atoms. The van der Waals surface area contributed by atoms with Crippen LogP contribution in [0.25, 0.3) is 0 Å². The zero-order valence-electron chi connectivity index (χ0n) is 9.87. The van der Waals surface area contributed by atoms with E-state index in [0.29, 0.717) is 18.9 Å². The Morgan fingerprint density at radius 2 is 2.00 bits per heavy atom. The SMILES string of the molecule is CCC1CCN(C(=O)CCCCN)CC1. The highest BCUT2D eigenvalue weighted by Gasteiger charge is 2.20. The first-order chi connectivity index (χ1) is 7.27. The van der Waals surface area contributed by atoms with E-state index in [-0.39, 0.29) is 0 Å². The van der Waals surface area contributed by atoms with Crippen LogP contribution in [0.5, 0.6) is 0 Å². The number of nitrogens with zero attached hydrogens (tertiary/aromatic N) is 1. The molecule has 0 atom stereocenters. The molecule has 1 rings (SSSR count). The first-order valence-corrected chi connectivity index (χ1v) is 6.25. The fourth-order valence-electron chi connectivity index (χ4n) is 2.17. The molecule has 1 heterocycles. The number of carbonyl (C=O) groups excluding carboxylic acids is 1. The highest BCUT2D eigenvalue weighted by molar-refractivity contribution is 5.76. The second-order valence-corrected chi connectivity index (χ2v) is 4.48. The zero-order chi connectivity index (χ0) is 11.1. The van der Waals surface area contributed by atoms with Gasteiger partial charge < -0.3 is 10.6 Å². The van der Waals surface area contributed by atoms with Gasteiger partial charge in [-0.15, -0.1) is 0 Å². The Hall–Kier alpha value is -0.570. The number of nitrogens with two attached hydrogens (primary N) is 1. The molecule has 88 valence electrons. The Kier molecular flexibility index (Phi) is 5.69. The molecule has 0 unspecified atom stereocenters. The lowest BCUT2D eigenvalue weighted by Gasteiger charge is -2.31. The van der Waals surface area contributed by atoms with Crippen molar-refractivity contribution >= 4 is 5.91 Å². The summed E-state index contributed by atoms with van der Waals surface area (Å²) in [7, 11) is 0. The van der Waals surface area contributed by atoms with Gasteiger partial charge in [0.15, 0.2) is 0 Å². The Labute approximate surface area is 93.0 Å². The van der Waals surface area contributed by atoms with Crippen molar-refractivity contribution < 1.29 is 4.79 Å². The fourth-order valence-corrected chi connectivity index (χ4v) is 2.17. The van der Waals surface area contributed by atoms with E-state index in [1.807, 2.05) is 4.90 Å². The van der Waals surface area contributed by atoms with Gasteiger partial charge >= 0.3 is 0 Å². The monoisotopic (exact) mass is 212 g/mol. The molecule has 0 bridgehead atoms. The number of hydrogen-bond acceptors (Lipinski definition) is 2. The molecule has 3 heteroatoms. The maximum Gasteiger partial charge on any atom is 0.222 e. The van der Waals surface area contributed by atoms with Crippen LogP contribution in [-0.4, -0.2) is 30.4 Å². The molecule has 1 aliphatic heterocycles. The highest BCUT2D eigenvalue weighted by atomic mass is 16.2. The standard InChI is InChI=1S/C12H24N2O/c1-2-11-6-9-14(10-7-11)12(15)5-3-4-8-13/h11H,2-10,13H2,1H3. The lowest BCUT2D eigenvalue weighted by Crippen LogP contribution is -2.38. The lowest BCUT2D eigenvalue weighted by atomic mass is 9.94. The molecule has 0 aromatic heterocycles. The van der Waals surface area contributed by atoms with Crippen molar-refractivity contribution in [2.24, 2.45) is 11.7 Å². The summed E-state index contributed by atoms with van der Waals surface area (Å²) in [6, 6.07) is 0. The van der Waals surface area contributed by atoms with Crippen LogP contribution in [0.1, 0.15) is 45.4 Å². The lowest BCUT2D eigenvalue weighted by molar-refractivity contribution is -0.132. The third-order valence-corrected chi connectivity index (χ3v) is 3.39. The molecule has 0 aromatic rings. The van der Waals surface area contributed by atoms with Crippen molar-refractivity contribution in [3.05, 3.63) is 0 Å². The van der Waals surface area contributed by atoms with E-state index in [2.05, 4.69) is 6.92 Å². The molecule has 1 fully saturated rings. The van der Waals surface area contributed by atoms with Gasteiger partial charge in [0.25, 0.3) is 0 Å². The van der Waals surface area contributed by atoms with Crippen molar-refractivity contribution in [2.45, 2.75) is 45.4 Å². The number of rotatable bonds is 5. The number of amides is 1. The molecule has 0 saturated carbocycles. The number of unbranched alkanes of at least 4 members (excludes halogenated alkanes) is 1. The van der Waals surface area contributed by atoms with Gasteiger partial charge in [-0.05, 0) is 38.1 Å². The average molecular weight is 212 g/mol. The van der Waals surface area contributed by atoms with Crippen LogP contribution in [0.4, 0.5) is 0 Å². The van der Waals surface area contributed by atoms with Gasteiger partial charge in [0.05, 0.1) is 0 Å². The molecular weight excluding hydrogens is 188 g/mol. The van der Waals surface area contributed by atoms with Crippen LogP contribution in [0.3, 0.4) is 0 Å². The number of hydrogen-bond donors (Lipinski definition) is 1. The quantitative estimate of drug-likeness (QED) is 0.706. The van der Waals surface area contributed by atoms with Gasteiger partial charge in [-0.3, -0.25) is 4.79 Å². The maximum atomic E-state index is 11.8. The summed E-state index contributed by atoms with van der Waals surface area (Å²) in [5.41, 5.74) is 5.40. The second-order valence-electron chi connectivity index (χ2n) is 4.48. The van der Waals surface area contributed by atoms with Gasteiger partial charge in [-0.2, -0.15) is 0 Å². The van der Waals surface area contributed by atoms with Crippen LogP contribution < -0.4 is 5.73 Å². The topological polar surface area (TPSA) is 46.3 Å². The summed E-state index contributed by atoms with van der Waals surface area (Å²) < 4.78 is 0. The van der Waals surface area contributed by atoms with E-state index < -0.39 is 0 Å². The van der Waals surface area contributed by atoms with E-state index in [1.165, 1.54) is 19.3 Å². The van der Waals surface area contributed by atoms with Crippen molar-refractivity contribution in [1.82, 2.24) is 4.90 Å². The van der Waals surface area contributed by atoms with Crippen molar-refractivity contribution in [3.8, 4) is 0 Å². The average Bonchev–Trinajstić information content (AvgIpc) is 2.29. The summed E-state index contributed by atoms with van der Waals surface area (Å²) in [4.78, 5) is 13.8. The molecule has 1 saturated heterocycles. The maximum absolute atomic E-state index is 11.8. The van der Waals surface area contributed by atoms with Crippen LogP contribution >= 0.6 is 0 Å². The minimum Gasteiger partial charge on any atom is -0.343 e. The summed E-state index contributed by atoms with van der Waals surface area (Å²) >= 11 is 0. The van der Waals surface area contributed by atoms with Crippen LogP contribution in [-0.2, 0) is 4.79 Å². The molecule has 1 aliphatic rings. The fraction of sp³-hybridized carbons (Fsp3) is 0.917. The molecule has 0 spiro atoms. The Bertz CT molecular complexity index is 186. The third kappa shape index (κ3) is 4.20. The molecule has 1 amide bonds. The number of carbonyl (C=O) groups is 1. The minimum absolute atomic E-state index is 0.331. The van der Waals surface area contributed by atoms with Crippen molar-refractivity contribution in [3.63, 3.8) is 0 Å².